The molecule has 0 amide bonds. The summed E-state index contributed by atoms with van der Waals surface area (Å²) in [5.74, 6) is -0.148. The smallest absolute Gasteiger partial charge is 0.132 e. The fourth-order valence-corrected chi connectivity index (χ4v) is 2.37. The molecule has 2 heterocycles. The monoisotopic (exact) mass is 233 g/mol. The Morgan fingerprint density at radius 1 is 1.24 bits per heavy atom. The van der Waals surface area contributed by atoms with Gasteiger partial charge < -0.3 is 10.3 Å². The average molecular weight is 233 g/mol. The van der Waals surface area contributed by atoms with E-state index in [9.17, 15) is 4.39 Å². The highest BCUT2D eigenvalue weighted by atomic mass is 19.1. The third-order valence-electron chi connectivity index (χ3n) is 3.27. The van der Waals surface area contributed by atoms with Crippen molar-refractivity contribution in [2.75, 3.05) is 26.2 Å². The third kappa shape index (κ3) is 2.18. The largest absolute Gasteiger partial charge is 0.357 e. The van der Waals surface area contributed by atoms with Crippen molar-refractivity contribution >= 4 is 10.9 Å². The van der Waals surface area contributed by atoms with Crippen molar-refractivity contribution in [1.82, 2.24) is 15.2 Å². The summed E-state index contributed by atoms with van der Waals surface area (Å²) in [6, 6.07) is 7.08. The molecule has 90 valence electrons. The highest BCUT2D eigenvalue weighted by molar-refractivity contribution is 5.80. The van der Waals surface area contributed by atoms with Gasteiger partial charge in [0.05, 0.1) is 0 Å². The molecule has 3 rings (SSSR count). The Balaban J connectivity index is 1.83. The van der Waals surface area contributed by atoms with E-state index in [2.05, 4.69) is 15.2 Å². The molecule has 3 nitrogen and oxygen atoms in total. The zero-order valence-electron chi connectivity index (χ0n) is 9.67. The molecule has 1 aromatic heterocycles. The highest BCUT2D eigenvalue weighted by Crippen LogP contribution is 2.19. The third-order valence-corrected chi connectivity index (χ3v) is 3.27. The lowest BCUT2D eigenvalue weighted by molar-refractivity contribution is 0.231. The molecule has 0 unspecified atom stereocenters. The van der Waals surface area contributed by atoms with Crippen LogP contribution in [0.2, 0.25) is 0 Å². The number of aromatic amines is 1. The molecule has 2 aromatic rings. The Labute approximate surface area is 99.6 Å². The van der Waals surface area contributed by atoms with Crippen LogP contribution in [0.3, 0.4) is 0 Å². The van der Waals surface area contributed by atoms with Gasteiger partial charge in [0.1, 0.15) is 5.82 Å². The van der Waals surface area contributed by atoms with Crippen molar-refractivity contribution in [1.29, 1.82) is 0 Å². The minimum absolute atomic E-state index is 0.148. The summed E-state index contributed by atoms with van der Waals surface area (Å²) in [6.45, 7) is 5.05. The van der Waals surface area contributed by atoms with Gasteiger partial charge in [0.2, 0.25) is 0 Å². The zero-order valence-corrected chi connectivity index (χ0v) is 9.67. The van der Waals surface area contributed by atoms with E-state index >= 15 is 0 Å². The number of hydrogen-bond donors (Lipinski definition) is 2. The van der Waals surface area contributed by atoms with E-state index in [0.29, 0.717) is 5.39 Å². The van der Waals surface area contributed by atoms with Gasteiger partial charge in [-0.15, -0.1) is 0 Å². The molecule has 0 spiro atoms. The van der Waals surface area contributed by atoms with Crippen molar-refractivity contribution in [2.24, 2.45) is 0 Å². The maximum Gasteiger partial charge on any atom is 0.132 e. The molecule has 17 heavy (non-hydrogen) atoms. The first-order chi connectivity index (χ1) is 8.33. The molecule has 1 aliphatic heterocycles. The van der Waals surface area contributed by atoms with E-state index in [0.717, 1.165) is 43.9 Å². The number of fused-ring (bicyclic) bond motifs is 1. The number of aromatic nitrogens is 1. The van der Waals surface area contributed by atoms with E-state index in [1.807, 2.05) is 12.1 Å². The summed E-state index contributed by atoms with van der Waals surface area (Å²) in [5, 5.41) is 4.02. The SMILES string of the molecule is Fc1cccc2[nH]c(CN3CCNCC3)cc12. The summed E-state index contributed by atoms with van der Waals surface area (Å²) in [4.78, 5) is 5.66. The molecule has 1 fully saturated rings. The Bertz CT molecular complexity index is 514. The molecule has 4 heteroatoms. The number of benzene rings is 1. The molecule has 0 radical (unpaired) electrons. The first kappa shape index (κ1) is 10.7. The Morgan fingerprint density at radius 3 is 2.82 bits per heavy atom. The van der Waals surface area contributed by atoms with Crippen LogP contribution in [0.5, 0.6) is 0 Å². The van der Waals surface area contributed by atoms with Gasteiger partial charge in [0, 0.05) is 49.3 Å². The van der Waals surface area contributed by atoms with Gasteiger partial charge in [0.25, 0.3) is 0 Å². The highest BCUT2D eigenvalue weighted by Gasteiger charge is 2.12. The van der Waals surface area contributed by atoms with Gasteiger partial charge in [-0.3, -0.25) is 4.90 Å². The van der Waals surface area contributed by atoms with E-state index < -0.39 is 0 Å². The predicted octanol–water partition coefficient (Wildman–Crippen LogP) is 1.71. The molecule has 0 bridgehead atoms. The van der Waals surface area contributed by atoms with Crippen LogP contribution in [-0.4, -0.2) is 36.1 Å². The molecular weight excluding hydrogens is 217 g/mol. The van der Waals surface area contributed by atoms with Gasteiger partial charge in [-0.1, -0.05) is 6.07 Å². The molecule has 0 aliphatic carbocycles. The number of hydrogen-bond acceptors (Lipinski definition) is 2. The van der Waals surface area contributed by atoms with Gasteiger partial charge in [-0.2, -0.15) is 0 Å². The summed E-state index contributed by atoms with van der Waals surface area (Å²) < 4.78 is 13.5. The van der Waals surface area contributed by atoms with Crippen LogP contribution in [0, 0.1) is 5.82 Å². The van der Waals surface area contributed by atoms with Crippen molar-refractivity contribution in [3.05, 3.63) is 35.8 Å². The zero-order chi connectivity index (χ0) is 11.7. The summed E-state index contributed by atoms with van der Waals surface area (Å²) in [7, 11) is 0. The lowest BCUT2D eigenvalue weighted by atomic mass is 10.2. The van der Waals surface area contributed by atoms with Crippen LogP contribution in [0.15, 0.2) is 24.3 Å². The number of rotatable bonds is 2. The van der Waals surface area contributed by atoms with Crippen LogP contribution in [0.25, 0.3) is 10.9 Å². The number of halogens is 1. The van der Waals surface area contributed by atoms with Crippen LogP contribution < -0.4 is 5.32 Å². The normalized spacial score (nSPS) is 17.7. The topological polar surface area (TPSA) is 31.1 Å². The van der Waals surface area contributed by atoms with Crippen LogP contribution in [0.1, 0.15) is 5.69 Å². The Kier molecular flexibility index (Phi) is 2.82. The van der Waals surface area contributed by atoms with Crippen molar-refractivity contribution in [3.8, 4) is 0 Å². The van der Waals surface area contributed by atoms with Crippen LogP contribution in [0.4, 0.5) is 4.39 Å². The molecule has 0 atom stereocenters. The molecule has 2 N–H and O–H groups in total. The van der Waals surface area contributed by atoms with Gasteiger partial charge in [-0.05, 0) is 18.2 Å². The molecule has 0 saturated carbocycles. The Hall–Kier alpha value is -1.39. The maximum atomic E-state index is 13.5. The van der Waals surface area contributed by atoms with Crippen molar-refractivity contribution < 1.29 is 4.39 Å². The Morgan fingerprint density at radius 2 is 2.06 bits per heavy atom. The minimum atomic E-state index is -0.148. The number of piperazine rings is 1. The second-order valence-electron chi connectivity index (χ2n) is 4.52. The molecule has 1 aromatic carbocycles. The number of H-pyrrole nitrogens is 1. The summed E-state index contributed by atoms with van der Waals surface area (Å²) in [6.07, 6.45) is 0. The lowest BCUT2D eigenvalue weighted by Crippen LogP contribution is -2.42. The molecule has 1 aliphatic rings. The minimum Gasteiger partial charge on any atom is -0.357 e. The van der Waals surface area contributed by atoms with Gasteiger partial charge in [-0.25, -0.2) is 4.39 Å². The molecular formula is C13H16FN3. The van der Waals surface area contributed by atoms with Crippen LogP contribution in [-0.2, 0) is 6.54 Å². The van der Waals surface area contributed by atoms with Crippen molar-refractivity contribution in [3.63, 3.8) is 0 Å². The van der Waals surface area contributed by atoms with E-state index in [1.165, 1.54) is 6.07 Å². The van der Waals surface area contributed by atoms with E-state index in [4.69, 9.17) is 0 Å². The van der Waals surface area contributed by atoms with Crippen molar-refractivity contribution in [2.45, 2.75) is 6.54 Å². The summed E-state index contributed by atoms with van der Waals surface area (Å²) >= 11 is 0. The lowest BCUT2D eigenvalue weighted by Gasteiger charge is -2.26. The van der Waals surface area contributed by atoms with Crippen LogP contribution >= 0.6 is 0 Å². The standard InChI is InChI=1S/C13H16FN3/c14-12-2-1-3-13-11(12)8-10(16-13)9-17-6-4-15-5-7-17/h1-3,8,15-16H,4-7,9H2. The van der Waals surface area contributed by atoms with E-state index in [-0.39, 0.29) is 5.82 Å². The quantitative estimate of drug-likeness (QED) is 0.827. The fourth-order valence-electron chi connectivity index (χ4n) is 2.37. The molecule has 1 saturated heterocycles. The average Bonchev–Trinajstić information content (AvgIpc) is 2.74. The predicted molar refractivity (Wildman–Crippen MR) is 66.4 cm³/mol. The number of nitrogens with zero attached hydrogens (tertiary/aromatic N) is 1. The second kappa shape index (κ2) is 4.47. The van der Waals surface area contributed by atoms with Gasteiger partial charge >= 0.3 is 0 Å². The number of nitrogens with one attached hydrogen (secondary N) is 2. The maximum absolute atomic E-state index is 13.5. The summed E-state index contributed by atoms with van der Waals surface area (Å²) in [5.41, 5.74) is 1.97. The first-order valence-electron chi connectivity index (χ1n) is 6.02. The first-order valence-corrected chi connectivity index (χ1v) is 6.02. The van der Waals surface area contributed by atoms with Gasteiger partial charge in [0.15, 0.2) is 0 Å². The van der Waals surface area contributed by atoms with E-state index in [1.54, 1.807) is 6.07 Å². The fraction of sp³-hybridized carbons (Fsp3) is 0.385. The second-order valence-corrected chi connectivity index (χ2v) is 4.52.